The second kappa shape index (κ2) is 5.31. The first-order chi connectivity index (χ1) is 9.75. The molecule has 1 aromatic heterocycles. The summed E-state index contributed by atoms with van der Waals surface area (Å²) in [6.45, 7) is 0. The molecule has 3 rings (SSSR count). The monoisotopic (exact) mass is 279 g/mol. The maximum Gasteiger partial charge on any atom is 0.250 e. The minimum Gasteiger partial charge on any atom is -0.366 e. The summed E-state index contributed by atoms with van der Waals surface area (Å²) in [6.07, 6.45) is 0. The second-order valence-electron chi connectivity index (χ2n) is 4.47. The Morgan fingerprint density at radius 2 is 1.55 bits per heavy atom. The lowest BCUT2D eigenvalue weighted by Crippen LogP contribution is -2.10. The van der Waals surface area contributed by atoms with E-state index < -0.39 is 0 Å². The molecule has 3 aromatic rings. The highest BCUT2D eigenvalue weighted by atomic mass is 32.1. The van der Waals surface area contributed by atoms with Crippen molar-refractivity contribution in [3.05, 3.63) is 71.6 Å². The lowest BCUT2D eigenvalue weighted by atomic mass is 10.0. The maximum absolute atomic E-state index is 11.4. The smallest absolute Gasteiger partial charge is 0.250 e. The van der Waals surface area contributed by atoms with E-state index in [1.54, 1.807) is 6.07 Å². The minimum absolute atomic E-state index is 0.383. The number of benzene rings is 2. The zero-order valence-corrected chi connectivity index (χ0v) is 11.6. The molecule has 3 heteroatoms. The van der Waals surface area contributed by atoms with Crippen LogP contribution in [-0.4, -0.2) is 5.91 Å². The standard InChI is InChI=1S/C17H13NOS/c18-17(19)15-9-10-20-16(15)14-8-4-7-13(11-14)12-5-2-1-3-6-12/h1-11H,(H2,18,19). The van der Waals surface area contributed by atoms with Crippen LogP contribution in [0, 0.1) is 0 Å². The highest BCUT2D eigenvalue weighted by molar-refractivity contribution is 7.14. The quantitative estimate of drug-likeness (QED) is 0.768. The highest BCUT2D eigenvalue weighted by Crippen LogP contribution is 2.32. The average Bonchev–Trinajstić information content (AvgIpc) is 2.98. The van der Waals surface area contributed by atoms with Crippen molar-refractivity contribution in [2.75, 3.05) is 0 Å². The van der Waals surface area contributed by atoms with Crippen molar-refractivity contribution in [2.24, 2.45) is 5.73 Å². The number of nitrogens with two attached hydrogens (primary N) is 1. The van der Waals surface area contributed by atoms with Gasteiger partial charge in [0, 0.05) is 4.88 Å². The lowest BCUT2D eigenvalue weighted by molar-refractivity contribution is 0.100. The summed E-state index contributed by atoms with van der Waals surface area (Å²) in [6, 6.07) is 20.1. The van der Waals surface area contributed by atoms with Crippen LogP contribution < -0.4 is 5.73 Å². The Labute approximate surface area is 121 Å². The molecule has 2 N–H and O–H groups in total. The predicted molar refractivity (Wildman–Crippen MR) is 83.7 cm³/mol. The summed E-state index contributed by atoms with van der Waals surface area (Å²) in [5.74, 6) is -0.383. The fraction of sp³-hybridized carbons (Fsp3) is 0. The Morgan fingerprint density at radius 3 is 2.30 bits per heavy atom. The molecule has 20 heavy (non-hydrogen) atoms. The van der Waals surface area contributed by atoms with Crippen molar-refractivity contribution in [3.63, 3.8) is 0 Å². The highest BCUT2D eigenvalue weighted by Gasteiger charge is 2.11. The molecule has 0 atom stereocenters. The van der Waals surface area contributed by atoms with Crippen LogP contribution >= 0.6 is 11.3 Å². The molecule has 0 aliphatic carbocycles. The zero-order valence-electron chi connectivity index (χ0n) is 10.7. The van der Waals surface area contributed by atoms with Gasteiger partial charge < -0.3 is 5.73 Å². The van der Waals surface area contributed by atoms with E-state index in [0.29, 0.717) is 5.56 Å². The molecule has 2 aromatic carbocycles. The van der Waals surface area contributed by atoms with E-state index >= 15 is 0 Å². The van der Waals surface area contributed by atoms with Crippen LogP contribution in [0.15, 0.2) is 66.0 Å². The van der Waals surface area contributed by atoms with E-state index in [-0.39, 0.29) is 5.91 Å². The summed E-state index contributed by atoms with van der Waals surface area (Å²) in [7, 11) is 0. The fourth-order valence-electron chi connectivity index (χ4n) is 2.20. The van der Waals surface area contributed by atoms with Gasteiger partial charge in [0.2, 0.25) is 5.91 Å². The van der Waals surface area contributed by atoms with Crippen molar-refractivity contribution in [3.8, 4) is 21.6 Å². The predicted octanol–water partition coefficient (Wildman–Crippen LogP) is 4.18. The second-order valence-corrected chi connectivity index (χ2v) is 5.39. The van der Waals surface area contributed by atoms with Gasteiger partial charge in [-0.3, -0.25) is 4.79 Å². The number of hydrogen-bond donors (Lipinski definition) is 1. The fourth-order valence-corrected chi connectivity index (χ4v) is 3.10. The van der Waals surface area contributed by atoms with E-state index in [9.17, 15) is 4.79 Å². The first-order valence-corrected chi connectivity index (χ1v) is 7.17. The number of carbonyl (C=O) groups is 1. The Hall–Kier alpha value is -2.39. The topological polar surface area (TPSA) is 43.1 Å². The zero-order chi connectivity index (χ0) is 13.9. The van der Waals surface area contributed by atoms with Crippen LogP contribution in [-0.2, 0) is 0 Å². The third-order valence-corrected chi connectivity index (χ3v) is 4.13. The van der Waals surface area contributed by atoms with E-state index in [4.69, 9.17) is 5.73 Å². The molecule has 0 fully saturated rings. The maximum atomic E-state index is 11.4. The minimum atomic E-state index is -0.383. The Bertz CT molecular complexity index is 746. The first-order valence-electron chi connectivity index (χ1n) is 6.29. The van der Waals surface area contributed by atoms with Gasteiger partial charge in [-0.1, -0.05) is 48.5 Å². The first kappa shape index (κ1) is 12.6. The normalized spacial score (nSPS) is 10.4. The van der Waals surface area contributed by atoms with E-state index in [2.05, 4.69) is 24.3 Å². The SMILES string of the molecule is NC(=O)c1ccsc1-c1cccc(-c2ccccc2)c1. The average molecular weight is 279 g/mol. The number of thiophene rings is 1. The molecular weight excluding hydrogens is 266 g/mol. The lowest BCUT2D eigenvalue weighted by Gasteiger charge is -2.05. The largest absolute Gasteiger partial charge is 0.366 e. The van der Waals surface area contributed by atoms with Gasteiger partial charge in [-0.15, -0.1) is 11.3 Å². The Morgan fingerprint density at radius 1 is 0.850 bits per heavy atom. The summed E-state index contributed by atoms with van der Waals surface area (Å²) in [5.41, 5.74) is 9.31. The van der Waals surface area contributed by atoms with Gasteiger partial charge in [0.05, 0.1) is 5.56 Å². The molecule has 0 unspecified atom stereocenters. The van der Waals surface area contributed by atoms with Crippen molar-refractivity contribution in [2.45, 2.75) is 0 Å². The summed E-state index contributed by atoms with van der Waals surface area (Å²) < 4.78 is 0. The third-order valence-electron chi connectivity index (χ3n) is 3.16. The molecule has 0 saturated carbocycles. The van der Waals surface area contributed by atoms with Crippen LogP contribution in [0.5, 0.6) is 0 Å². The van der Waals surface area contributed by atoms with Crippen LogP contribution in [0.3, 0.4) is 0 Å². The van der Waals surface area contributed by atoms with Gasteiger partial charge in [-0.25, -0.2) is 0 Å². The molecule has 1 amide bonds. The van der Waals surface area contributed by atoms with Crippen LogP contribution in [0.2, 0.25) is 0 Å². The van der Waals surface area contributed by atoms with Crippen LogP contribution in [0.1, 0.15) is 10.4 Å². The van der Waals surface area contributed by atoms with Crippen molar-refractivity contribution in [1.82, 2.24) is 0 Å². The third kappa shape index (κ3) is 2.36. The molecule has 0 aliphatic rings. The molecule has 2 nitrogen and oxygen atoms in total. The summed E-state index contributed by atoms with van der Waals surface area (Å²) in [5, 5.41) is 1.89. The molecule has 0 bridgehead atoms. The number of carbonyl (C=O) groups excluding carboxylic acids is 1. The van der Waals surface area contributed by atoms with Gasteiger partial charge in [-0.2, -0.15) is 0 Å². The molecular formula is C17H13NOS. The summed E-state index contributed by atoms with van der Waals surface area (Å²) in [4.78, 5) is 12.4. The van der Waals surface area contributed by atoms with E-state index in [1.807, 2.05) is 35.7 Å². The molecule has 0 saturated heterocycles. The Kier molecular flexibility index (Phi) is 3.35. The molecule has 0 spiro atoms. The Balaban J connectivity index is 2.08. The van der Waals surface area contributed by atoms with Gasteiger partial charge >= 0.3 is 0 Å². The van der Waals surface area contributed by atoms with Crippen LogP contribution in [0.4, 0.5) is 0 Å². The number of hydrogen-bond acceptors (Lipinski definition) is 2. The van der Waals surface area contributed by atoms with Gasteiger partial charge in [0.25, 0.3) is 0 Å². The van der Waals surface area contributed by atoms with Crippen LogP contribution in [0.25, 0.3) is 21.6 Å². The number of primary amides is 1. The van der Waals surface area contributed by atoms with Crippen molar-refractivity contribution < 1.29 is 4.79 Å². The van der Waals surface area contributed by atoms with Gasteiger partial charge in [-0.05, 0) is 34.2 Å². The number of rotatable bonds is 3. The molecule has 1 heterocycles. The van der Waals surface area contributed by atoms with E-state index in [0.717, 1.165) is 21.6 Å². The molecule has 0 aliphatic heterocycles. The number of amides is 1. The molecule has 98 valence electrons. The van der Waals surface area contributed by atoms with E-state index in [1.165, 1.54) is 11.3 Å². The van der Waals surface area contributed by atoms with Gasteiger partial charge in [0.15, 0.2) is 0 Å². The summed E-state index contributed by atoms with van der Waals surface area (Å²) >= 11 is 1.53. The van der Waals surface area contributed by atoms with Gasteiger partial charge in [0.1, 0.15) is 0 Å². The molecule has 0 radical (unpaired) electrons. The van der Waals surface area contributed by atoms with Crippen molar-refractivity contribution in [1.29, 1.82) is 0 Å². The van der Waals surface area contributed by atoms with Crippen molar-refractivity contribution >= 4 is 17.2 Å².